The van der Waals surface area contributed by atoms with Crippen LogP contribution in [0.1, 0.15) is 35.4 Å². The fraction of sp³-hybridized carbons (Fsp3) is 0.438. The average molecular weight is 345 g/mol. The fourth-order valence-electron chi connectivity index (χ4n) is 3.22. The molecule has 2 atom stereocenters. The van der Waals surface area contributed by atoms with Gasteiger partial charge < -0.3 is 10.0 Å². The molecule has 9 heteroatoms. The average Bonchev–Trinajstić information content (AvgIpc) is 2.55. The Kier molecular flexibility index (Phi) is 4.25. The normalized spacial score (nSPS) is 23.5. The van der Waals surface area contributed by atoms with Crippen molar-refractivity contribution in [3.05, 3.63) is 56.9 Å². The van der Waals surface area contributed by atoms with E-state index in [1.165, 1.54) is 34.3 Å². The minimum atomic E-state index is -1.33. The van der Waals surface area contributed by atoms with Crippen LogP contribution in [-0.4, -0.2) is 54.1 Å². The maximum Gasteiger partial charge on any atom is 0.328 e. The molecule has 3 heterocycles. The van der Waals surface area contributed by atoms with Crippen molar-refractivity contribution in [3.63, 3.8) is 0 Å². The Morgan fingerprint density at radius 1 is 1.44 bits per heavy atom. The molecule has 0 saturated carbocycles. The van der Waals surface area contributed by atoms with Crippen molar-refractivity contribution in [2.45, 2.75) is 31.9 Å². The summed E-state index contributed by atoms with van der Waals surface area (Å²) in [5.41, 5.74) is -1.45. The topological polar surface area (TPSA) is 121 Å². The fourth-order valence-corrected chi connectivity index (χ4v) is 3.22. The molecule has 2 N–H and O–H groups in total. The monoisotopic (exact) mass is 345 g/mol. The minimum absolute atomic E-state index is 0.0520. The molecule has 3 rings (SSSR count). The number of H-pyrrole nitrogens is 1. The molecule has 25 heavy (non-hydrogen) atoms. The second kappa shape index (κ2) is 6.25. The van der Waals surface area contributed by atoms with Crippen molar-refractivity contribution in [2.75, 3.05) is 13.1 Å². The van der Waals surface area contributed by atoms with Crippen molar-refractivity contribution >= 4 is 5.91 Å². The molecule has 2 aromatic rings. The van der Waals surface area contributed by atoms with Crippen molar-refractivity contribution < 1.29 is 9.90 Å². The van der Waals surface area contributed by atoms with E-state index in [-0.39, 0.29) is 12.5 Å². The number of aryl methyl sites for hydroxylation is 1. The molecule has 132 valence electrons. The van der Waals surface area contributed by atoms with Gasteiger partial charge in [0.2, 0.25) is 0 Å². The maximum atomic E-state index is 12.7. The number of nitrogens with one attached hydrogen (secondary N) is 1. The lowest BCUT2D eigenvalue weighted by atomic mass is 9.88. The van der Waals surface area contributed by atoms with E-state index >= 15 is 0 Å². The third-order valence-electron chi connectivity index (χ3n) is 4.52. The number of aliphatic hydroxyl groups is 1. The molecule has 2 aromatic heterocycles. The van der Waals surface area contributed by atoms with Crippen LogP contribution in [0.25, 0.3) is 0 Å². The van der Waals surface area contributed by atoms with E-state index in [4.69, 9.17) is 0 Å². The smallest absolute Gasteiger partial charge is 0.328 e. The number of amides is 1. The van der Waals surface area contributed by atoms with E-state index in [1.807, 2.05) is 0 Å². The van der Waals surface area contributed by atoms with E-state index in [1.54, 1.807) is 13.8 Å². The number of aromatic amines is 1. The van der Waals surface area contributed by atoms with E-state index in [0.29, 0.717) is 24.2 Å². The summed E-state index contributed by atoms with van der Waals surface area (Å²) in [7, 11) is 0. The molecule has 0 aliphatic carbocycles. The van der Waals surface area contributed by atoms with E-state index in [9.17, 15) is 19.5 Å². The standard InChI is InChI=1S/C16H19N5O4/c1-10-11(7-17-9-18-10)14(23)20-5-3-12(16(2,25)8-20)21-6-4-13(22)19-15(21)24/h4,6-7,9,12,25H,3,5,8H2,1-2H3,(H,19,22,24)/t12-,16-/m1/s1. The van der Waals surface area contributed by atoms with E-state index in [0.717, 1.165) is 0 Å². The molecule has 1 aliphatic rings. The van der Waals surface area contributed by atoms with Crippen LogP contribution in [0.2, 0.25) is 0 Å². The highest BCUT2D eigenvalue weighted by Crippen LogP contribution is 2.31. The van der Waals surface area contributed by atoms with Gasteiger partial charge in [-0.15, -0.1) is 0 Å². The first kappa shape index (κ1) is 17.0. The van der Waals surface area contributed by atoms with Crippen LogP contribution >= 0.6 is 0 Å². The molecule has 1 amide bonds. The second-order valence-electron chi connectivity index (χ2n) is 6.43. The Morgan fingerprint density at radius 2 is 2.20 bits per heavy atom. The van der Waals surface area contributed by atoms with Gasteiger partial charge in [0.05, 0.1) is 23.8 Å². The number of carbonyl (C=O) groups is 1. The summed E-state index contributed by atoms with van der Waals surface area (Å²) in [6.45, 7) is 3.71. The number of β-amino-alcohol motifs (C(OH)–C–C–N with tert-alkyl or cyclic N) is 1. The molecule has 9 nitrogen and oxygen atoms in total. The van der Waals surface area contributed by atoms with Crippen molar-refractivity contribution in [3.8, 4) is 0 Å². The third-order valence-corrected chi connectivity index (χ3v) is 4.52. The van der Waals surface area contributed by atoms with Crippen molar-refractivity contribution in [1.82, 2.24) is 24.4 Å². The second-order valence-corrected chi connectivity index (χ2v) is 6.43. The quantitative estimate of drug-likeness (QED) is 0.755. The Hall–Kier alpha value is -2.81. The number of rotatable bonds is 2. The molecule has 0 radical (unpaired) electrons. The molecule has 1 fully saturated rings. The number of piperidine rings is 1. The lowest BCUT2D eigenvalue weighted by molar-refractivity contribution is -0.0504. The van der Waals surface area contributed by atoms with Crippen LogP contribution in [0.3, 0.4) is 0 Å². The molecule has 0 aromatic carbocycles. The predicted molar refractivity (Wildman–Crippen MR) is 88.3 cm³/mol. The number of aromatic nitrogens is 4. The summed E-state index contributed by atoms with van der Waals surface area (Å²) in [5, 5.41) is 10.8. The Morgan fingerprint density at radius 3 is 2.84 bits per heavy atom. The molecule has 1 aliphatic heterocycles. The first-order chi connectivity index (χ1) is 11.8. The molecular weight excluding hydrogens is 326 g/mol. The molecule has 1 saturated heterocycles. The summed E-state index contributed by atoms with van der Waals surface area (Å²) in [5.74, 6) is -0.259. The maximum absolute atomic E-state index is 12.7. The first-order valence-corrected chi connectivity index (χ1v) is 7.89. The molecular formula is C16H19N5O4. The highest BCUT2D eigenvalue weighted by atomic mass is 16.3. The van der Waals surface area contributed by atoms with E-state index < -0.39 is 22.9 Å². The van der Waals surface area contributed by atoms with Gasteiger partial charge in [-0.3, -0.25) is 19.1 Å². The molecule has 0 bridgehead atoms. The van der Waals surface area contributed by atoms with Gasteiger partial charge in [-0.05, 0) is 20.3 Å². The zero-order valence-corrected chi connectivity index (χ0v) is 14.0. The SMILES string of the molecule is Cc1ncncc1C(=O)N1CC[C@@H](n2ccc(=O)[nH]c2=O)[C@](C)(O)C1. The summed E-state index contributed by atoms with van der Waals surface area (Å²) in [6.07, 6.45) is 4.57. The zero-order valence-electron chi connectivity index (χ0n) is 14.0. The minimum Gasteiger partial charge on any atom is -0.386 e. The summed E-state index contributed by atoms with van der Waals surface area (Å²) >= 11 is 0. The molecule has 0 unspecified atom stereocenters. The van der Waals surface area contributed by atoms with Gasteiger partial charge in [-0.2, -0.15) is 0 Å². The summed E-state index contributed by atoms with van der Waals surface area (Å²) in [6, 6.07) is 0.689. The largest absolute Gasteiger partial charge is 0.386 e. The van der Waals surface area contributed by atoms with Crippen LogP contribution in [0.4, 0.5) is 0 Å². The Balaban J connectivity index is 1.85. The van der Waals surface area contributed by atoms with Gasteiger partial charge in [0.1, 0.15) is 11.9 Å². The van der Waals surface area contributed by atoms with Gasteiger partial charge in [0.25, 0.3) is 11.5 Å². The summed E-state index contributed by atoms with van der Waals surface area (Å²) < 4.78 is 1.31. The third kappa shape index (κ3) is 3.22. The Labute approximate surface area is 143 Å². The van der Waals surface area contributed by atoms with Gasteiger partial charge in [-0.1, -0.05) is 0 Å². The highest BCUT2D eigenvalue weighted by Gasteiger charge is 2.41. The van der Waals surface area contributed by atoms with Crippen molar-refractivity contribution in [2.24, 2.45) is 0 Å². The molecule has 0 spiro atoms. The number of hydrogen-bond acceptors (Lipinski definition) is 6. The lowest BCUT2D eigenvalue weighted by Gasteiger charge is -2.43. The number of nitrogens with zero attached hydrogens (tertiary/aromatic N) is 4. The van der Waals surface area contributed by atoms with Gasteiger partial charge in [0, 0.05) is 25.0 Å². The zero-order chi connectivity index (χ0) is 18.2. The van der Waals surface area contributed by atoms with E-state index in [2.05, 4.69) is 15.0 Å². The van der Waals surface area contributed by atoms with Crippen LogP contribution in [-0.2, 0) is 0 Å². The van der Waals surface area contributed by atoms with Crippen LogP contribution < -0.4 is 11.2 Å². The highest BCUT2D eigenvalue weighted by molar-refractivity contribution is 5.95. The Bertz CT molecular complexity index is 917. The first-order valence-electron chi connectivity index (χ1n) is 7.89. The number of carbonyl (C=O) groups excluding carboxylic acids is 1. The van der Waals surface area contributed by atoms with Gasteiger partial charge in [0.15, 0.2) is 0 Å². The lowest BCUT2D eigenvalue weighted by Crippen LogP contribution is -2.56. The summed E-state index contributed by atoms with van der Waals surface area (Å²) in [4.78, 5) is 47.5. The number of likely N-dealkylation sites (tertiary alicyclic amines) is 1. The van der Waals surface area contributed by atoms with Crippen LogP contribution in [0.15, 0.2) is 34.4 Å². The predicted octanol–water partition coefficient (Wildman–Crippen LogP) is -0.527. The van der Waals surface area contributed by atoms with Crippen LogP contribution in [0, 0.1) is 6.92 Å². The number of hydrogen-bond donors (Lipinski definition) is 2. The van der Waals surface area contributed by atoms with Crippen molar-refractivity contribution in [1.29, 1.82) is 0 Å². The van der Waals surface area contributed by atoms with Gasteiger partial charge >= 0.3 is 5.69 Å². The van der Waals surface area contributed by atoms with Gasteiger partial charge in [-0.25, -0.2) is 14.8 Å². The van der Waals surface area contributed by atoms with Crippen LogP contribution in [0.5, 0.6) is 0 Å².